The summed E-state index contributed by atoms with van der Waals surface area (Å²) in [5.74, 6) is -1.30. The van der Waals surface area contributed by atoms with E-state index in [0.717, 1.165) is 5.69 Å². The maximum absolute atomic E-state index is 12.6. The van der Waals surface area contributed by atoms with Crippen molar-refractivity contribution in [2.24, 2.45) is 0 Å². The topological polar surface area (TPSA) is 84.2 Å². The molecular weight excluding hydrogens is 306 g/mol. The lowest BCUT2D eigenvalue weighted by Crippen LogP contribution is -2.26. The van der Waals surface area contributed by atoms with Crippen LogP contribution in [0.5, 0.6) is 0 Å². The summed E-state index contributed by atoms with van der Waals surface area (Å²) in [6.07, 6.45) is 2.24. The third-order valence-corrected chi connectivity index (χ3v) is 3.81. The monoisotopic (exact) mass is 329 g/mol. The van der Waals surface area contributed by atoms with Crippen molar-refractivity contribution in [1.29, 1.82) is 0 Å². The highest BCUT2D eigenvalue weighted by atomic mass is 16.4. The summed E-state index contributed by atoms with van der Waals surface area (Å²) in [7, 11) is 0. The predicted molar refractivity (Wildman–Crippen MR) is 92.7 cm³/mol. The number of anilines is 1. The summed E-state index contributed by atoms with van der Waals surface area (Å²) < 4.78 is 1.85. The van der Waals surface area contributed by atoms with Crippen molar-refractivity contribution >= 4 is 17.6 Å². The van der Waals surface area contributed by atoms with Gasteiger partial charge in [-0.05, 0) is 51.8 Å². The molecule has 1 aromatic carbocycles. The number of nitrogens with one attached hydrogen (secondary N) is 1. The van der Waals surface area contributed by atoms with E-state index in [1.54, 1.807) is 25.3 Å². The summed E-state index contributed by atoms with van der Waals surface area (Å²) in [4.78, 5) is 23.8. The first-order valence-electron chi connectivity index (χ1n) is 7.87. The molecule has 0 spiro atoms. The number of carbonyl (C=O) groups is 2. The molecule has 24 heavy (non-hydrogen) atoms. The third-order valence-electron chi connectivity index (χ3n) is 3.81. The van der Waals surface area contributed by atoms with Gasteiger partial charge in [0.15, 0.2) is 0 Å². The molecule has 2 aromatic rings. The molecule has 0 aliphatic heterocycles. The van der Waals surface area contributed by atoms with Gasteiger partial charge in [0.1, 0.15) is 0 Å². The minimum Gasteiger partial charge on any atom is -0.478 e. The first-order valence-corrected chi connectivity index (χ1v) is 7.87. The van der Waals surface area contributed by atoms with E-state index in [0.29, 0.717) is 23.2 Å². The number of hydrogen-bond acceptors (Lipinski definition) is 3. The molecular formula is C18H23N3O3. The van der Waals surface area contributed by atoms with Gasteiger partial charge in [0.05, 0.1) is 28.6 Å². The van der Waals surface area contributed by atoms with Crippen molar-refractivity contribution in [2.75, 3.05) is 5.32 Å². The Morgan fingerprint density at radius 1 is 1.25 bits per heavy atom. The number of rotatable bonds is 4. The second-order valence-corrected chi connectivity index (χ2v) is 6.73. The molecule has 6 heteroatoms. The molecule has 1 aromatic heterocycles. The molecule has 128 valence electrons. The number of aromatic carboxylic acids is 1. The molecule has 2 rings (SSSR count). The zero-order valence-corrected chi connectivity index (χ0v) is 14.7. The number of hydrogen-bond donors (Lipinski definition) is 2. The number of carboxylic acid groups (broad SMARTS) is 1. The number of benzene rings is 1. The van der Waals surface area contributed by atoms with Gasteiger partial charge in [-0.3, -0.25) is 9.48 Å². The van der Waals surface area contributed by atoms with Crippen LogP contribution < -0.4 is 5.32 Å². The standard InChI is InChI=1S/C18H23N3O3/c1-6-15-14(10-19-21(15)18(3,4)5)16(22)20-12-8-7-11(2)13(9-12)17(23)24/h7-10H,6H2,1-5H3,(H,20,22)(H,23,24). The molecule has 0 unspecified atom stereocenters. The quantitative estimate of drug-likeness (QED) is 0.899. The molecule has 0 fully saturated rings. The van der Waals surface area contributed by atoms with E-state index in [2.05, 4.69) is 10.4 Å². The van der Waals surface area contributed by atoms with Crippen LogP contribution in [0.2, 0.25) is 0 Å². The Bertz CT molecular complexity index is 785. The second-order valence-electron chi connectivity index (χ2n) is 6.73. The highest BCUT2D eigenvalue weighted by Gasteiger charge is 2.23. The van der Waals surface area contributed by atoms with Crippen molar-refractivity contribution in [3.05, 3.63) is 46.8 Å². The number of aromatic nitrogens is 2. The fourth-order valence-electron chi connectivity index (χ4n) is 2.61. The number of nitrogens with zero attached hydrogens (tertiary/aromatic N) is 2. The van der Waals surface area contributed by atoms with Gasteiger partial charge >= 0.3 is 5.97 Å². The number of carboxylic acids is 1. The lowest BCUT2D eigenvalue weighted by molar-refractivity contribution is 0.0695. The average molecular weight is 329 g/mol. The van der Waals surface area contributed by atoms with E-state index in [1.807, 2.05) is 32.4 Å². The summed E-state index contributed by atoms with van der Waals surface area (Å²) in [6.45, 7) is 9.78. The number of carbonyl (C=O) groups excluding carboxylic acids is 1. The van der Waals surface area contributed by atoms with Gasteiger partial charge in [0, 0.05) is 5.69 Å². The molecule has 0 radical (unpaired) electrons. The molecule has 1 amide bonds. The third kappa shape index (κ3) is 3.48. The smallest absolute Gasteiger partial charge is 0.336 e. The summed E-state index contributed by atoms with van der Waals surface area (Å²) in [5.41, 5.74) is 2.41. The van der Waals surface area contributed by atoms with E-state index in [4.69, 9.17) is 0 Å². The van der Waals surface area contributed by atoms with Gasteiger partial charge in [0.25, 0.3) is 5.91 Å². The van der Waals surface area contributed by atoms with Gasteiger partial charge in [0.2, 0.25) is 0 Å². The van der Waals surface area contributed by atoms with Gasteiger partial charge in [-0.25, -0.2) is 4.79 Å². The summed E-state index contributed by atoms with van der Waals surface area (Å²) >= 11 is 0. The minimum atomic E-state index is -1.02. The van der Waals surface area contributed by atoms with Gasteiger partial charge in [-0.2, -0.15) is 5.10 Å². The Hall–Kier alpha value is -2.63. The number of aryl methyl sites for hydroxylation is 1. The lowest BCUT2D eigenvalue weighted by Gasteiger charge is -2.22. The van der Waals surface area contributed by atoms with Crippen LogP contribution in [0, 0.1) is 6.92 Å². The Kier molecular flexibility index (Phi) is 4.78. The van der Waals surface area contributed by atoms with Crippen molar-refractivity contribution < 1.29 is 14.7 Å². The minimum absolute atomic E-state index is 0.175. The van der Waals surface area contributed by atoms with Crippen LogP contribution in [-0.4, -0.2) is 26.8 Å². The van der Waals surface area contributed by atoms with E-state index in [9.17, 15) is 14.7 Å². The van der Waals surface area contributed by atoms with Crippen LogP contribution in [0.1, 0.15) is 59.7 Å². The average Bonchev–Trinajstić information content (AvgIpc) is 2.93. The van der Waals surface area contributed by atoms with E-state index < -0.39 is 5.97 Å². The van der Waals surface area contributed by atoms with Gasteiger partial charge < -0.3 is 10.4 Å². The van der Waals surface area contributed by atoms with Crippen LogP contribution in [-0.2, 0) is 12.0 Å². The maximum Gasteiger partial charge on any atom is 0.336 e. The fraction of sp³-hybridized carbons (Fsp3) is 0.389. The highest BCUT2D eigenvalue weighted by Crippen LogP contribution is 2.21. The SMILES string of the molecule is CCc1c(C(=O)Nc2ccc(C)c(C(=O)O)c2)cnn1C(C)(C)C. The van der Waals surface area contributed by atoms with Crippen LogP contribution in [0.4, 0.5) is 5.69 Å². The highest BCUT2D eigenvalue weighted by molar-refractivity contribution is 6.05. The zero-order chi connectivity index (χ0) is 18.1. The van der Waals surface area contributed by atoms with Crippen molar-refractivity contribution in [3.8, 4) is 0 Å². The molecule has 1 heterocycles. The predicted octanol–water partition coefficient (Wildman–Crippen LogP) is 3.46. The van der Waals surface area contributed by atoms with E-state index in [-0.39, 0.29) is 17.0 Å². The number of amides is 1. The first kappa shape index (κ1) is 17.7. The molecule has 0 saturated heterocycles. The molecule has 6 nitrogen and oxygen atoms in total. The van der Waals surface area contributed by atoms with Crippen molar-refractivity contribution in [3.63, 3.8) is 0 Å². The maximum atomic E-state index is 12.6. The molecule has 0 aliphatic carbocycles. The lowest BCUT2D eigenvalue weighted by atomic mass is 10.1. The van der Waals surface area contributed by atoms with Crippen LogP contribution >= 0.6 is 0 Å². The molecule has 0 saturated carbocycles. The summed E-state index contributed by atoms with van der Waals surface area (Å²) in [5, 5.41) is 16.3. The Morgan fingerprint density at radius 3 is 2.46 bits per heavy atom. The van der Waals surface area contributed by atoms with E-state index >= 15 is 0 Å². The normalized spacial score (nSPS) is 11.4. The Balaban J connectivity index is 2.33. The fourth-order valence-corrected chi connectivity index (χ4v) is 2.61. The Morgan fingerprint density at radius 2 is 1.92 bits per heavy atom. The molecule has 0 atom stereocenters. The second kappa shape index (κ2) is 6.47. The molecule has 2 N–H and O–H groups in total. The Labute approximate surface area is 141 Å². The van der Waals surface area contributed by atoms with Crippen LogP contribution in [0.15, 0.2) is 24.4 Å². The molecule has 0 aliphatic rings. The van der Waals surface area contributed by atoms with E-state index in [1.165, 1.54) is 6.07 Å². The van der Waals surface area contributed by atoms with Crippen LogP contribution in [0.25, 0.3) is 0 Å². The molecule has 0 bridgehead atoms. The van der Waals surface area contributed by atoms with Crippen LogP contribution in [0.3, 0.4) is 0 Å². The van der Waals surface area contributed by atoms with Crippen molar-refractivity contribution in [1.82, 2.24) is 9.78 Å². The largest absolute Gasteiger partial charge is 0.478 e. The zero-order valence-electron chi connectivity index (χ0n) is 14.7. The van der Waals surface area contributed by atoms with Crippen molar-refractivity contribution in [2.45, 2.75) is 46.6 Å². The first-order chi connectivity index (χ1) is 11.1. The van der Waals surface area contributed by atoms with Gasteiger partial charge in [-0.15, -0.1) is 0 Å². The van der Waals surface area contributed by atoms with Gasteiger partial charge in [-0.1, -0.05) is 13.0 Å². The summed E-state index contributed by atoms with van der Waals surface area (Å²) in [6, 6.07) is 4.84.